The Bertz CT molecular complexity index is 946. The number of aliphatic hydroxyl groups is 1. The van der Waals surface area contributed by atoms with E-state index < -0.39 is 0 Å². The lowest BCUT2D eigenvalue weighted by atomic mass is 9.52. The highest BCUT2D eigenvalue weighted by atomic mass is 31.1. The van der Waals surface area contributed by atoms with Gasteiger partial charge in [-0.3, -0.25) is 0 Å². The molecule has 4 saturated carbocycles. The summed E-state index contributed by atoms with van der Waals surface area (Å²) < 4.78 is 7.24. The molecule has 2 heterocycles. The van der Waals surface area contributed by atoms with Gasteiger partial charge in [0, 0.05) is 22.3 Å². The molecule has 7 rings (SSSR count). The molecule has 1 saturated heterocycles. The van der Waals surface area contributed by atoms with Gasteiger partial charge in [-0.2, -0.15) is 0 Å². The van der Waals surface area contributed by atoms with Crippen LogP contribution < -0.4 is 5.73 Å². The van der Waals surface area contributed by atoms with Gasteiger partial charge in [0.1, 0.15) is 0 Å². The monoisotopic (exact) mass is 455 g/mol. The number of hydrogen-bond acceptors (Lipinski definition) is 3. The van der Waals surface area contributed by atoms with E-state index in [4.69, 9.17) is 10.5 Å². The van der Waals surface area contributed by atoms with Crippen molar-refractivity contribution >= 4 is 13.5 Å². The van der Waals surface area contributed by atoms with E-state index in [0.29, 0.717) is 23.4 Å². The SMILES string of the molecule is C[C@@H]1CP=C2[C@@H](C)C3(CCC4C5CC=C6C[C@@H](O)CC[C@]6(C)[C@@]5(N)CC45CC53C)O[C@@H]2C1. The van der Waals surface area contributed by atoms with E-state index in [-0.39, 0.29) is 28.1 Å². The first-order chi connectivity index (χ1) is 15.1. The van der Waals surface area contributed by atoms with Crippen LogP contribution >= 0.6 is 8.20 Å². The molecule has 0 bridgehead atoms. The summed E-state index contributed by atoms with van der Waals surface area (Å²) in [6.45, 7) is 9.99. The number of aliphatic hydroxyl groups excluding tert-OH is 1. The maximum absolute atomic E-state index is 10.4. The summed E-state index contributed by atoms with van der Waals surface area (Å²) in [5.74, 6) is 2.75. The first-order valence-electron chi connectivity index (χ1n) is 13.5. The molecule has 5 unspecified atom stereocenters. The van der Waals surface area contributed by atoms with Crippen LogP contribution in [0.3, 0.4) is 0 Å². The van der Waals surface area contributed by atoms with E-state index in [2.05, 4.69) is 33.8 Å². The lowest BCUT2D eigenvalue weighted by molar-refractivity contribution is -0.145. The van der Waals surface area contributed by atoms with Crippen LogP contribution in [-0.4, -0.2) is 39.9 Å². The number of nitrogens with two attached hydrogens (primary N) is 1. The second-order valence-electron chi connectivity index (χ2n) is 13.7. The van der Waals surface area contributed by atoms with E-state index in [9.17, 15) is 5.11 Å². The lowest BCUT2D eigenvalue weighted by Gasteiger charge is -2.55. The largest absolute Gasteiger partial charge is 0.393 e. The summed E-state index contributed by atoms with van der Waals surface area (Å²) in [6.07, 6.45) is 14.3. The highest BCUT2D eigenvalue weighted by Gasteiger charge is 2.86. The van der Waals surface area contributed by atoms with Crippen LogP contribution in [0.4, 0.5) is 0 Å². The molecule has 32 heavy (non-hydrogen) atoms. The summed E-state index contributed by atoms with van der Waals surface area (Å²) in [7, 11) is 1.57. The van der Waals surface area contributed by atoms with Gasteiger partial charge in [-0.15, -0.1) is 8.20 Å². The number of hydrogen-bond donors (Lipinski definition) is 2. The number of fused-ring (bicyclic) bond motifs is 6. The predicted octanol–water partition coefficient (Wildman–Crippen LogP) is 5.32. The average Bonchev–Trinajstić information content (AvgIpc) is 3.13. The van der Waals surface area contributed by atoms with Crippen LogP contribution in [0.1, 0.15) is 85.5 Å². The zero-order chi connectivity index (χ0) is 22.3. The molecule has 4 heteroatoms. The first-order valence-corrected chi connectivity index (χ1v) is 14.6. The van der Waals surface area contributed by atoms with Crippen molar-refractivity contribution in [1.82, 2.24) is 0 Å². The molecule has 0 aromatic carbocycles. The van der Waals surface area contributed by atoms with Crippen LogP contribution in [0.5, 0.6) is 0 Å². The Morgan fingerprint density at radius 2 is 1.94 bits per heavy atom. The van der Waals surface area contributed by atoms with Gasteiger partial charge in [-0.05, 0) is 92.4 Å². The lowest BCUT2D eigenvalue weighted by Crippen LogP contribution is -2.61. The summed E-state index contributed by atoms with van der Waals surface area (Å²) in [5, 5.41) is 12.1. The fourth-order valence-corrected chi connectivity index (χ4v) is 12.3. The molecule has 3 N–H and O–H groups in total. The van der Waals surface area contributed by atoms with Gasteiger partial charge in [0.05, 0.1) is 17.8 Å². The zero-order valence-electron chi connectivity index (χ0n) is 20.5. The Kier molecular flexibility index (Phi) is 4.04. The molecule has 7 aliphatic rings. The van der Waals surface area contributed by atoms with Crippen molar-refractivity contribution in [2.75, 3.05) is 6.16 Å². The molecule has 2 aliphatic heterocycles. The number of allylic oxidation sites excluding steroid dienone is 1. The van der Waals surface area contributed by atoms with Gasteiger partial charge >= 0.3 is 0 Å². The van der Waals surface area contributed by atoms with Crippen LogP contribution in [-0.2, 0) is 4.74 Å². The summed E-state index contributed by atoms with van der Waals surface area (Å²) >= 11 is 0. The van der Waals surface area contributed by atoms with Crippen molar-refractivity contribution in [2.45, 2.75) is 109 Å². The Morgan fingerprint density at radius 1 is 1.12 bits per heavy atom. The second-order valence-corrected chi connectivity index (χ2v) is 14.8. The molecular weight excluding hydrogens is 413 g/mol. The molecule has 0 aromatic heterocycles. The van der Waals surface area contributed by atoms with Crippen LogP contribution in [0.25, 0.3) is 0 Å². The summed E-state index contributed by atoms with van der Waals surface area (Å²) in [4.78, 5) is 0. The van der Waals surface area contributed by atoms with Gasteiger partial charge in [-0.1, -0.05) is 39.3 Å². The standard InChI is InChI=1S/C28H42NO2P/c1-16-11-22-23(32-13-16)17(2)28(31-22)10-8-20-21-6-5-18-12-19(30)7-9-24(18,3)27(21,29)15-26(20)14-25(26,28)4/h5,16-17,19-22,30H,6-15,29H2,1-4H3/t16-,17+,19-,20?,21?,22+,24-,25?,26?,27+,28?/m0/s1. The third kappa shape index (κ3) is 2.13. The Balaban J connectivity index is 1.27. The quantitative estimate of drug-likeness (QED) is 0.384. The van der Waals surface area contributed by atoms with Gasteiger partial charge in [0.25, 0.3) is 0 Å². The van der Waals surface area contributed by atoms with Gasteiger partial charge in [0.15, 0.2) is 0 Å². The molecule has 0 amide bonds. The normalized spacial score (nSPS) is 62.8. The Morgan fingerprint density at radius 3 is 2.75 bits per heavy atom. The fourth-order valence-electron chi connectivity index (χ4n) is 10.8. The minimum atomic E-state index is -0.166. The fraction of sp³-hybridized carbons (Fsp3) is 0.893. The molecule has 176 valence electrons. The highest BCUT2D eigenvalue weighted by Crippen LogP contribution is 2.87. The minimum absolute atomic E-state index is 0.0460. The smallest absolute Gasteiger partial charge is 0.0841 e. The van der Waals surface area contributed by atoms with Crippen LogP contribution in [0.2, 0.25) is 0 Å². The average molecular weight is 456 g/mol. The van der Waals surface area contributed by atoms with Crippen molar-refractivity contribution in [3.63, 3.8) is 0 Å². The van der Waals surface area contributed by atoms with E-state index in [1.807, 2.05) is 0 Å². The van der Waals surface area contributed by atoms with E-state index in [1.165, 1.54) is 43.8 Å². The van der Waals surface area contributed by atoms with Gasteiger partial charge in [0.2, 0.25) is 0 Å². The minimum Gasteiger partial charge on any atom is -0.393 e. The van der Waals surface area contributed by atoms with E-state index >= 15 is 0 Å². The molecule has 0 aromatic rings. The first kappa shape index (κ1) is 21.1. The summed E-state index contributed by atoms with van der Waals surface area (Å²) in [5.41, 5.74) is 9.74. The third-order valence-corrected chi connectivity index (χ3v) is 14.5. The highest BCUT2D eigenvalue weighted by molar-refractivity contribution is 7.41. The van der Waals surface area contributed by atoms with Crippen LogP contribution in [0.15, 0.2) is 11.6 Å². The maximum atomic E-state index is 10.4. The predicted molar refractivity (Wildman–Crippen MR) is 131 cm³/mol. The summed E-state index contributed by atoms with van der Waals surface area (Å²) in [6, 6.07) is 0. The van der Waals surface area contributed by atoms with E-state index in [0.717, 1.165) is 37.5 Å². The molecule has 3 nitrogen and oxygen atoms in total. The Hall–Kier alpha value is -0.210. The van der Waals surface area contributed by atoms with Crippen molar-refractivity contribution < 1.29 is 9.84 Å². The van der Waals surface area contributed by atoms with Crippen LogP contribution in [0, 0.1) is 39.9 Å². The van der Waals surface area contributed by atoms with E-state index in [1.54, 1.807) is 13.5 Å². The third-order valence-electron chi connectivity index (χ3n) is 12.7. The molecular formula is C28H42NO2P. The van der Waals surface area contributed by atoms with Crippen molar-refractivity contribution in [3.8, 4) is 0 Å². The molecule has 5 fully saturated rings. The molecule has 5 aliphatic carbocycles. The molecule has 2 spiro atoms. The van der Waals surface area contributed by atoms with Crippen molar-refractivity contribution in [1.29, 1.82) is 0 Å². The topological polar surface area (TPSA) is 55.5 Å². The van der Waals surface area contributed by atoms with Crippen molar-refractivity contribution in [2.24, 2.45) is 45.7 Å². The zero-order valence-corrected chi connectivity index (χ0v) is 21.4. The maximum Gasteiger partial charge on any atom is 0.0841 e. The molecule has 0 radical (unpaired) electrons. The second kappa shape index (κ2) is 6.13. The van der Waals surface area contributed by atoms with Crippen molar-refractivity contribution in [3.05, 3.63) is 11.6 Å². The molecule has 11 atom stereocenters. The number of ether oxygens (including phenoxy) is 1. The van der Waals surface area contributed by atoms with Gasteiger partial charge in [-0.25, -0.2) is 0 Å². The number of rotatable bonds is 0. The van der Waals surface area contributed by atoms with Gasteiger partial charge < -0.3 is 15.6 Å². The Labute approximate surface area is 195 Å².